The Morgan fingerprint density at radius 2 is 2.36 bits per heavy atom. The summed E-state index contributed by atoms with van der Waals surface area (Å²) in [4.78, 5) is 15.5. The lowest BCUT2D eigenvalue weighted by molar-refractivity contribution is -0.124. The van der Waals surface area contributed by atoms with Crippen LogP contribution in [0.25, 0.3) is 0 Å². The number of hydrogen-bond donors (Lipinski definition) is 3. The Bertz CT molecular complexity index is 334. The van der Waals surface area contributed by atoms with Crippen LogP contribution in [-0.2, 0) is 11.2 Å². The standard InChI is InChI=1S/C8H13N5O/c1-5-11-7(13-12-5)4-6-8(14)10-3-2-9-6/h6,9H,2-4H2,1H3,(H,10,14)(H,11,12,13). The highest BCUT2D eigenvalue weighted by molar-refractivity contribution is 5.82. The van der Waals surface area contributed by atoms with E-state index in [4.69, 9.17) is 0 Å². The van der Waals surface area contributed by atoms with E-state index < -0.39 is 0 Å². The lowest BCUT2D eigenvalue weighted by atomic mass is 10.1. The Balaban J connectivity index is 1.99. The maximum Gasteiger partial charge on any atom is 0.237 e. The van der Waals surface area contributed by atoms with Crippen LogP contribution < -0.4 is 10.6 Å². The first-order chi connectivity index (χ1) is 6.75. The van der Waals surface area contributed by atoms with Crippen LogP contribution in [0.2, 0.25) is 0 Å². The molecule has 6 nitrogen and oxygen atoms in total. The molecule has 1 saturated heterocycles. The summed E-state index contributed by atoms with van der Waals surface area (Å²) in [5.41, 5.74) is 0. The monoisotopic (exact) mass is 195 g/mol. The second kappa shape index (κ2) is 3.75. The van der Waals surface area contributed by atoms with E-state index in [0.29, 0.717) is 18.8 Å². The van der Waals surface area contributed by atoms with Gasteiger partial charge in [-0.1, -0.05) is 0 Å². The molecule has 76 valence electrons. The summed E-state index contributed by atoms with van der Waals surface area (Å²) in [5.74, 6) is 1.48. The average Bonchev–Trinajstić information content (AvgIpc) is 2.56. The summed E-state index contributed by atoms with van der Waals surface area (Å²) in [6.45, 7) is 3.34. The first-order valence-electron chi connectivity index (χ1n) is 4.64. The molecule has 0 saturated carbocycles. The van der Waals surface area contributed by atoms with Crippen molar-refractivity contribution in [3.63, 3.8) is 0 Å². The van der Waals surface area contributed by atoms with E-state index in [0.717, 1.165) is 12.4 Å². The summed E-state index contributed by atoms with van der Waals surface area (Å²) in [6, 6.07) is -0.195. The van der Waals surface area contributed by atoms with Gasteiger partial charge >= 0.3 is 0 Å². The van der Waals surface area contributed by atoms with Gasteiger partial charge in [-0.05, 0) is 6.92 Å². The molecule has 1 aromatic heterocycles. The second-order valence-electron chi connectivity index (χ2n) is 3.34. The van der Waals surface area contributed by atoms with Crippen molar-refractivity contribution in [3.05, 3.63) is 11.6 Å². The number of aromatic amines is 1. The lowest BCUT2D eigenvalue weighted by Gasteiger charge is -2.22. The Hall–Kier alpha value is -1.43. The molecular formula is C8H13N5O. The Morgan fingerprint density at radius 3 is 3.00 bits per heavy atom. The zero-order valence-corrected chi connectivity index (χ0v) is 8.00. The van der Waals surface area contributed by atoms with Crippen LogP contribution in [-0.4, -0.2) is 40.2 Å². The summed E-state index contributed by atoms with van der Waals surface area (Å²) in [6.07, 6.45) is 0.538. The van der Waals surface area contributed by atoms with Crippen molar-refractivity contribution in [1.82, 2.24) is 25.8 Å². The third-order valence-electron chi connectivity index (χ3n) is 2.16. The van der Waals surface area contributed by atoms with Crippen LogP contribution in [0, 0.1) is 6.92 Å². The molecule has 1 fully saturated rings. The molecule has 1 unspecified atom stereocenters. The van der Waals surface area contributed by atoms with Gasteiger partial charge in [0.25, 0.3) is 0 Å². The fourth-order valence-electron chi connectivity index (χ4n) is 1.48. The summed E-state index contributed by atoms with van der Waals surface area (Å²) in [5, 5.41) is 12.7. The normalized spacial score (nSPS) is 22.1. The van der Waals surface area contributed by atoms with Crippen LogP contribution in [0.1, 0.15) is 11.6 Å². The van der Waals surface area contributed by atoms with Crippen LogP contribution >= 0.6 is 0 Å². The minimum atomic E-state index is -0.195. The van der Waals surface area contributed by atoms with Crippen molar-refractivity contribution in [2.24, 2.45) is 0 Å². The van der Waals surface area contributed by atoms with E-state index >= 15 is 0 Å². The summed E-state index contributed by atoms with van der Waals surface area (Å²) in [7, 11) is 0. The third-order valence-corrected chi connectivity index (χ3v) is 2.16. The first kappa shape index (κ1) is 9.14. The van der Waals surface area contributed by atoms with Crippen molar-refractivity contribution in [1.29, 1.82) is 0 Å². The van der Waals surface area contributed by atoms with E-state index in [9.17, 15) is 4.79 Å². The summed E-state index contributed by atoms with van der Waals surface area (Å²) < 4.78 is 0. The molecule has 2 rings (SSSR count). The topological polar surface area (TPSA) is 82.7 Å². The van der Waals surface area contributed by atoms with Gasteiger partial charge in [0.1, 0.15) is 5.82 Å². The van der Waals surface area contributed by atoms with Gasteiger partial charge in [-0.3, -0.25) is 9.89 Å². The fraction of sp³-hybridized carbons (Fsp3) is 0.625. The largest absolute Gasteiger partial charge is 0.353 e. The lowest BCUT2D eigenvalue weighted by Crippen LogP contribution is -2.53. The molecule has 14 heavy (non-hydrogen) atoms. The maximum absolute atomic E-state index is 11.4. The van der Waals surface area contributed by atoms with E-state index in [1.807, 2.05) is 6.92 Å². The molecule has 1 aromatic rings. The highest BCUT2D eigenvalue weighted by atomic mass is 16.2. The minimum Gasteiger partial charge on any atom is -0.353 e. The minimum absolute atomic E-state index is 0.0266. The molecule has 1 aliphatic rings. The predicted molar refractivity (Wildman–Crippen MR) is 49.6 cm³/mol. The number of piperazine rings is 1. The molecular weight excluding hydrogens is 182 g/mol. The number of hydrogen-bond acceptors (Lipinski definition) is 4. The van der Waals surface area contributed by atoms with Gasteiger partial charge in [-0.25, -0.2) is 4.98 Å². The van der Waals surface area contributed by atoms with Crippen molar-refractivity contribution in [2.75, 3.05) is 13.1 Å². The number of nitrogens with one attached hydrogen (secondary N) is 3. The second-order valence-corrected chi connectivity index (χ2v) is 3.34. The van der Waals surface area contributed by atoms with Gasteiger partial charge in [0, 0.05) is 19.5 Å². The number of carbonyl (C=O) groups is 1. The number of carbonyl (C=O) groups excluding carboxylic acids is 1. The van der Waals surface area contributed by atoms with E-state index in [-0.39, 0.29) is 11.9 Å². The van der Waals surface area contributed by atoms with E-state index in [2.05, 4.69) is 25.8 Å². The molecule has 0 aliphatic carbocycles. The van der Waals surface area contributed by atoms with Gasteiger partial charge < -0.3 is 10.6 Å². The number of aromatic nitrogens is 3. The van der Waals surface area contributed by atoms with Crippen LogP contribution in [0.3, 0.4) is 0 Å². The van der Waals surface area contributed by atoms with Gasteiger partial charge in [0.05, 0.1) is 6.04 Å². The first-order valence-corrected chi connectivity index (χ1v) is 4.64. The number of nitrogens with zero attached hydrogens (tertiary/aromatic N) is 2. The number of amides is 1. The van der Waals surface area contributed by atoms with Crippen LogP contribution in [0.4, 0.5) is 0 Å². The molecule has 0 radical (unpaired) electrons. The number of H-pyrrole nitrogens is 1. The predicted octanol–water partition coefficient (Wildman–Crippen LogP) is -1.26. The van der Waals surface area contributed by atoms with Crippen LogP contribution in [0.15, 0.2) is 0 Å². The van der Waals surface area contributed by atoms with Gasteiger partial charge in [-0.2, -0.15) is 5.10 Å². The molecule has 0 aromatic carbocycles. The SMILES string of the molecule is Cc1nc(CC2NCCNC2=O)n[nH]1. The summed E-state index contributed by atoms with van der Waals surface area (Å²) >= 11 is 0. The Labute approximate surface area is 81.5 Å². The van der Waals surface area contributed by atoms with Crippen molar-refractivity contribution >= 4 is 5.91 Å². The Morgan fingerprint density at radius 1 is 1.50 bits per heavy atom. The molecule has 1 atom stereocenters. The molecule has 1 aliphatic heterocycles. The van der Waals surface area contributed by atoms with Crippen molar-refractivity contribution in [2.45, 2.75) is 19.4 Å². The zero-order chi connectivity index (χ0) is 9.97. The number of rotatable bonds is 2. The maximum atomic E-state index is 11.4. The Kier molecular flexibility index (Phi) is 2.45. The molecule has 0 spiro atoms. The van der Waals surface area contributed by atoms with Gasteiger partial charge in [0.15, 0.2) is 5.82 Å². The molecule has 2 heterocycles. The molecule has 0 bridgehead atoms. The van der Waals surface area contributed by atoms with Gasteiger partial charge in [0.2, 0.25) is 5.91 Å². The van der Waals surface area contributed by atoms with Crippen LogP contribution in [0.5, 0.6) is 0 Å². The number of aryl methyl sites for hydroxylation is 1. The third kappa shape index (κ3) is 1.90. The molecule has 6 heteroatoms. The molecule has 3 N–H and O–H groups in total. The molecule has 1 amide bonds. The average molecular weight is 195 g/mol. The van der Waals surface area contributed by atoms with Crippen molar-refractivity contribution in [3.8, 4) is 0 Å². The quantitative estimate of drug-likeness (QED) is 0.550. The fourth-order valence-corrected chi connectivity index (χ4v) is 1.48. The van der Waals surface area contributed by atoms with E-state index in [1.165, 1.54) is 0 Å². The van der Waals surface area contributed by atoms with Gasteiger partial charge in [-0.15, -0.1) is 0 Å². The van der Waals surface area contributed by atoms with Crippen molar-refractivity contribution < 1.29 is 4.79 Å². The smallest absolute Gasteiger partial charge is 0.237 e. The van der Waals surface area contributed by atoms with E-state index in [1.54, 1.807) is 0 Å². The highest BCUT2D eigenvalue weighted by Gasteiger charge is 2.22. The zero-order valence-electron chi connectivity index (χ0n) is 8.00. The highest BCUT2D eigenvalue weighted by Crippen LogP contribution is 1.99.